The monoisotopic (exact) mass is 329 g/mol. The van der Waals surface area contributed by atoms with E-state index in [1.165, 1.54) is 69.9 Å². The smallest absolute Gasteiger partial charge is 0.122 e. The minimum absolute atomic E-state index is 0.503. The van der Waals surface area contributed by atoms with Gasteiger partial charge in [-0.25, -0.2) is 0 Å². The van der Waals surface area contributed by atoms with Gasteiger partial charge in [-0.05, 0) is 57.2 Å². The number of nitrogens with zero attached hydrogens (tertiary/aromatic N) is 1. The normalized spacial score (nSPS) is 24.7. The van der Waals surface area contributed by atoms with Gasteiger partial charge in [-0.15, -0.1) is 0 Å². The highest BCUT2D eigenvalue weighted by Gasteiger charge is 2.23. The van der Waals surface area contributed by atoms with Crippen LogP contribution in [-0.2, 0) is 6.42 Å². The third kappa shape index (κ3) is 4.75. The van der Waals surface area contributed by atoms with Crippen LogP contribution in [0.4, 0.5) is 0 Å². The Morgan fingerprint density at radius 3 is 2.58 bits per heavy atom. The number of likely N-dealkylation sites (tertiary alicyclic amines) is 1. The maximum atomic E-state index is 6.30. The lowest BCUT2D eigenvalue weighted by molar-refractivity contribution is 0.0812. The first-order chi connectivity index (χ1) is 11.7. The van der Waals surface area contributed by atoms with Crippen LogP contribution in [0.1, 0.15) is 70.8 Å². The van der Waals surface area contributed by atoms with Crippen LogP contribution in [0.15, 0.2) is 24.3 Å². The van der Waals surface area contributed by atoms with Crippen molar-refractivity contribution in [2.75, 3.05) is 13.2 Å². The fraction of sp³-hybridized carbons (Fsp3) is 0.727. The summed E-state index contributed by atoms with van der Waals surface area (Å²) in [6.07, 6.45) is 12.3. The second kappa shape index (κ2) is 8.89. The molecule has 2 unspecified atom stereocenters. The van der Waals surface area contributed by atoms with E-state index in [0.717, 1.165) is 18.3 Å². The molecule has 0 amide bonds. The average molecular weight is 330 g/mol. The predicted molar refractivity (Wildman–Crippen MR) is 102 cm³/mol. The van der Waals surface area contributed by atoms with Crippen LogP contribution in [0.2, 0.25) is 0 Å². The molecule has 2 atom stereocenters. The van der Waals surface area contributed by atoms with Gasteiger partial charge < -0.3 is 4.74 Å². The standard InChI is InChI=1S/C22H35NO/c1-18-10-8-9-15-23(18)19(2)17-24-22-14-7-6-13-21(22)16-20-11-4-3-5-12-20/h6-7,13-14,18-20H,3-5,8-12,15-17H2,1-2H3. The summed E-state index contributed by atoms with van der Waals surface area (Å²) in [6, 6.07) is 9.94. The van der Waals surface area contributed by atoms with Gasteiger partial charge >= 0.3 is 0 Å². The van der Waals surface area contributed by atoms with E-state index < -0.39 is 0 Å². The Hall–Kier alpha value is -1.02. The van der Waals surface area contributed by atoms with E-state index in [9.17, 15) is 0 Å². The van der Waals surface area contributed by atoms with Crippen molar-refractivity contribution in [1.82, 2.24) is 4.90 Å². The number of ether oxygens (including phenoxy) is 1. The van der Waals surface area contributed by atoms with E-state index in [2.05, 4.69) is 43.0 Å². The van der Waals surface area contributed by atoms with Gasteiger partial charge in [0.25, 0.3) is 0 Å². The third-order valence-electron chi connectivity index (χ3n) is 6.11. The maximum absolute atomic E-state index is 6.30. The zero-order chi connectivity index (χ0) is 16.8. The Morgan fingerprint density at radius 1 is 1.04 bits per heavy atom. The van der Waals surface area contributed by atoms with E-state index in [1.54, 1.807) is 0 Å². The molecule has 134 valence electrons. The largest absolute Gasteiger partial charge is 0.492 e. The van der Waals surface area contributed by atoms with Gasteiger partial charge in [0, 0.05) is 12.1 Å². The maximum Gasteiger partial charge on any atom is 0.122 e. The second-order valence-corrected chi connectivity index (χ2v) is 8.06. The highest BCUT2D eigenvalue weighted by molar-refractivity contribution is 5.33. The lowest BCUT2D eigenvalue weighted by atomic mass is 9.85. The van der Waals surface area contributed by atoms with E-state index in [1.807, 2.05) is 0 Å². The minimum Gasteiger partial charge on any atom is -0.492 e. The summed E-state index contributed by atoms with van der Waals surface area (Å²) in [7, 11) is 0. The second-order valence-electron chi connectivity index (χ2n) is 8.06. The van der Waals surface area contributed by atoms with E-state index in [0.29, 0.717) is 12.1 Å². The summed E-state index contributed by atoms with van der Waals surface area (Å²) in [4.78, 5) is 2.63. The van der Waals surface area contributed by atoms with Crippen LogP contribution >= 0.6 is 0 Å². The molecule has 1 saturated carbocycles. The molecule has 1 aromatic carbocycles. The summed E-state index contributed by atoms with van der Waals surface area (Å²) >= 11 is 0. The summed E-state index contributed by atoms with van der Waals surface area (Å²) in [6.45, 7) is 6.74. The molecular weight excluding hydrogens is 294 g/mol. The van der Waals surface area contributed by atoms with Crippen LogP contribution in [0.25, 0.3) is 0 Å². The number of rotatable bonds is 6. The lowest BCUT2D eigenvalue weighted by Gasteiger charge is -2.38. The Morgan fingerprint density at radius 2 is 1.79 bits per heavy atom. The summed E-state index contributed by atoms with van der Waals surface area (Å²) in [5, 5.41) is 0. The molecule has 1 saturated heterocycles. The SMILES string of the molecule is CC1CCCCN1C(C)COc1ccccc1CC1CCCCC1. The fourth-order valence-corrected chi connectivity index (χ4v) is 4.60. The molecule has 1 aromatic rings. The van der Waals surface area contributed by atoms with Gasteiger partial charge in [-0.1, -0.05) is 56.7 Å². The molecule has 24 heavy (non-hydrogen) atoms. The van der Waals surface area contributed by atoms with Crippen molar-refractivity contribution < 1.29 is 4.74 Å². The van der Waals surface area contributed by atoms with Crippen molar-refractivity contribution in [2.24, 2.45) is 5.92 Å². The molecule has 0 aromatic heterocycles. The van der Waals surface area contributed by atoms with E-state index in [4.69, 9.17) is 4.74 Å². The number of para-hydroxylation sites is 1. The molecular formula is C22H35NO. The Bertz CT molecular complexity index is 494. The van der Waals surface area contributed by atoms with Crippen LogP contribution in [-0.4, -0.2) is 30.1 Å². The lowest BCUT2D eigenvalue weighted by Crippen LogP contribution is -2.46. The van der Waals surface area contributed by atoms with Gasteiger partial charge in [0.05, 0.1) is 0 Å². The van der Waals surface area contributed by atoms with Crippen molar-refractivity contribution in [3.8, 4) is 5.75 Å². The molecule has 1 aliphatic carbocycles. The zero-order valence-corrected chi connectivity index (χ0v) is 15.7. The Labute approximate surface area is 148 Å². The van der Waals surface area contributed by atoms with Gasteiger partial charge in [-0.2, -0.15) is 0 Å². The topological polar surface area (TPSA) is 12.5 Å². The number of hydrogen-bond donors (Lipinski definition) is 0. The van der Waals surface area contributed by atoms with Crippen LogP contribution in [0.3, 0.4) is 0 Å². The summed E-state index contributed by atoms with van der Waals surface area (Å²) < 4.78 is 6.30. The van der Waals surface area contributed by atoms with Crippen molar-refractivity contribution in [2.45, 2.75) is 83.7 Å². The van der Waals surface area contributed by atoms with Crippen molar-refractivity contribution in [3.63, 3.8) is 0 Å². The quantitative estimate of drug-likeness (QED) is 0.688. The number of hydrogen-bond acceptors (Lipinski definition) is 2. The Kier molecular flexibility index (Phi) is 6.59. The highest BCUT2D eigenvalue weighted by Crippen LogP contribution is 2.30. The molecule has 0 spiro atoms. The zero-order valence-electron chi connectivity index (χ0n) is 15.7. The van der Waals surface area contributed by atoms with E-state index in [-0.39, 0.29) is 0 Å². The summed E-state index contributed by atoms with van der Waals surface area (Å²) in [5.41, 5.74) is 1.42. The molecule has 1 heterocycles. The van der Waals surface area contributed by atoms with E-state index >= 15 is 0 Å². The highest BCUT2D eigenvalue weighted by atomic mass is 16.5. The predicted octanol–water partition coefficient (Wildman–Crippen LogP) is 5.45. The molecule has 0 bridgehead atoms. The van der Waals surface area contributed by atoms with Crippen LogP contribution in [0, 0.1) is 5.92 Å². The molecule has 0 radical (unpaired) electrons. The molecule has 2 heteroatoms. The van der Waals surface area contributed by atoms with Crippen molar-refractivity contribution >= 4 is 0 Å². The molecule has 2 fully saturated rings. The molecule has 2 aliphatic rings. The fourth-order valence-electron chi connectivity index (χ4n) is 4.60. The number of piperidine rings is 1. The number of benzene rings is 1. The van der Waals surface area contributed by atoms with Crippen LogP contribution in [0.5, 0.6) is 5.75 Å². The molecule has 1 aliphatic heterocycles. The van der Waals surface area contributed by atoms with Gasteiger partial charge in [-0.3, -0.25) is 4.90 Å². The van der Waals surface area contributed by atoms with Gasteiger partial charge in [0.1, 0.15) is 12.4 Å². The van der Waals surface area contributed by atoms with Gasteiger partial charge in [0.15, 0.2) is 0 Å². The van der Waals surface area contributed by atoms with Gasteiger partial charge in [0.2, 0.25) is 0 Å². The average Bonchev–Trinajstić information content (AvgIpc) is 2.62. The molecule has 2 nitrogen and oxygen atoms in total. The Balaban J connectivity index is 1.56. The molecule has 3 rings (SSSR count). The van der Waals surface area contributed by atoms with Crippen molar-refractivity contribution in [1.29, 1.82) is 0 Å². The molecule has 0 N–H and O–H groups in total. The van der Waals surface area contributed by atoms with Crippen LogP contribution < -0.4 is 4.74 Å². The first-order valence-corrected chi connectivity index (χ1v) is 10.2. The van der Waals surface area contributed by atoms with Crippen molar-refractivity contribution in [3.05, 3.63) is 29.8 Å². The first-order valence-electron chi connectivity index (χ1n) is 10.2. The minimum atomic E-state index is 0.503. The summed E-state index contributed by atoms with van der Waals surface area (Å²) in [5.74, 6) is 1.99. The first kappa shape index (κ1) is 17.8. The third-order valence-corrected chi connectivity index (χ3v) is 6.11.